The molecule has 1 aromatic rings. The molecule has 0 unspecified atom stereocenters. The molecule has 0 aromatic heterocycles. The Morgan fingerprint density at radius 2 is 2.04 bits per heavy atom. The van der Waals surface area contributed by atoms with E-state index >= 15 is 0 Å². The van der Waals surface area contributed by atoms with E-state index in [2.05, 4.69) is 24.8 Å². The van der Waals surface area contributed by atoms with E-state index in [0.29, 0.717) is 42.5 Å². The number of carbonyl (C=O) groups excluding carboxylic acids is 1. The highest BCUT2D eigenvalue weighted by Gasteiger charge is 2.15. The topological polar surface area (TPSA) is 82.8 Å². The highest BCUT2D eigenvalue weighted by atomic mass is 16.5. The van der Waals surface area contributed by atoms with Crippen molar-refractivity contribution in [2.75, 3.05) is 33.4 Å². The fourth-order valence-electron chi connectivity index (χ4n) is 2.52. The molecule has 0 aliphatic rings. The molecule has 6 nitrogen and oxygen atoms in total. The lowest BCUT2D eigenvalue weighted by Crippen LogP contribution is -2.38. The van der Waals surface area contributed by atoms with E-state index in [0.717, 1.165) is 6.54 Å². The van der Waals surface area contributed by atoms with Crippen LogP contribution >= 0.6 is 0 Å². The van der Waals surface area contributed by atoms with Gasteiger partial charge in [0.05, 0.1) is 13.2 Å². The molecular weight excluding hydrogens is 320 g/mol. The fraction of sp³-hybridized carbons (Fsp3) is 0.579. The zero-order valence-corrected chi connectivity index (χ0v) is 15.5. The van der Waals surface area contributed by atoms with Crippen LogP contribution in [-0.4, -0.2) is 55.2 Å². The van der Waals surface area contributed by atoms with E-state index < -0.39 is 6.10 Å². The number of nitrogens with zero attached hydrogens (tertiary/aromatic N) is 2. The molecule has 1 aromatic carbocycles. The largest absolute Gasteiger partial charge is 0.493 e. The van der Waals surface area contributed by atoms with Gasteiger partial charge in [-0.2, -0.15) is 5.26 Å². The number of methoxy groups -OCH3 is 1. The van der Waals surface area contributed by atoms with Crippen molar-refractivity contribution in [3.05, 3.63) is 23.8 Å². The number of aliphatic hydroxyl groups is 1. The van der Waals surface area contributed by atoms with E-state index in [1.165, 1.54) is 14.0 Å². The maximum absolute atomic E-state index is 11.4. The molecule has 0 saturated carbocycles. The molecule has 25 heavy (non-hydrogen) atoms. The minimum absolute atomic E-state index is 0.0493. The molecule has 0 radical (unpaired) electrons. The number of hydrogen-bond donors (Lipinski definition) is 1. The first kappa shape index (κ1) is 20.9. The van der Waals surface area contributed by atoms with Crippen LogP contribution in [0.25, 0.3) is 0 Å². The molecule has 0 bridgehead atoms. The fourth-order valence-corrected chi connectivity index (χ4v) is 2.52. The van der Waals surface area contributed by atoms with Crippen molar-refractivity contribution >= 4 is 5.78 Å². The summed E-state index contributed by atoms with van der Waals surface area (Å²) in [7, 11) is 1.51. The smallest absolute Gasteiger partial charge is 0.161 e. The first-order valence-electron chi connectivity index (χ1n) is 8.46. The summed E-state index contributed by atoms with van der Waals surface area (Å²) in [5, 5.41) is 19.0. The standard InChI is InChI=1S/C19H28N2O4/c1-14(2)11-21(9-5-8-20)12-17(23)13-25-18-7-6-16(15(3)22)10-19(18)24-4/h6-7,10,14,17,23H,5,9,11-13H2,1-4H3/t17-/m0/s1. The Morgan fingerprint density at radius 3 is 2.60 bits per heavy atom. The molecule has 0 saturated heterocycles. The minimum Gasteiger partial charge on any atom is -0.493 e. The predicted molar refractivity (Wildman–Crippen MR) is 96.0 cm³/mol. The minimum atomic E-state index is -0.686. The number of ketones is 1. The van der Waals surface area contributed by atoms with Gasteiger partial charge in [0.1, 0.15) is 12.7 Å². The number of aliphatic hydroxyl groups excluding tert-OH is 1. The average Bonchev–Trinajstić information content (AvgIpc) is 2.57. The third-order valence-corrected chi connectivity index (χ3v) is 3.63. The van der Waals surface area contributed by atoms with Gasteiger partial charge >= 0.3 is 0 Å². The SMILES string of the molecule is COc1cc(C(C)=O)ccc1OC[C@@H](O)CN(CCC#N)CC(C)C. The van der Waals surface area contributed by atoms with Crippen LogP contribution in [0.1, 0.15) is 37.6 Å². The quantitative estimate of drug-likeness (QED) is 0.619. The molecule has 0 spiro atoms. The number of hydrogen-bond acceptors (Lipinski definition) is 6. The Morgan fingerprint density at radius 1 is 1.32 bits per heavy atom. The molecule has 0 aliphatic heterocycles. The van der Waals surface area contributed by atoms with Crippen molar-refractivity contribution in [2.24, 2.45) is 5.92 Å². The molecule has 6 heteroatoms. The number of carbonyl (C=O) groups is 1. The second-order valence-electron chi connectivity index (χ2n) is 6.45. The lowest BCUT2D eigenvalue weighted by Gasteiger charge is -2.26. The highest BCUT2D eigenvalue weighted by molar-refractivity contribution is 5.94. The van der Waals surface area contributed by atoms with E-state index in [1.54, 1.807) is 18.2 Å². The van der Waals surface area contributed by atoms with Crippen LogP contribution in [0.15, 0.2) is 18.2 Å². The Kier molecular flexibility index (Phi) is 8.96. The van der Waals surface area contributed by atoms with Crippen molar-refractivity contribution in [2.45, 2.75) is 33.3 Å². The number of Topliss-reactive ketones (excluding diaryl/α,β-unsaturated/α-hetero) is 1. The van der Waals surface area contributed by atoms with Crippen molar-refractivity contribution < 1.29 is 19.4 Å². The third kappa shape index (κ3) is 7.55. The average molecular weight is 348 g/mol. The lowest BCUT2D eigenvalue weighted by atomic mass is 10.1. The van der Waals surface area contributed by atoms with Crippen molar-refractivity contribution in [1.82, 2.24) is 4.90 Å². The molecular formula is C19H28N2O4. The van der Waals surface area contributed by atoms with Crippen LogP contribution in [0.5, 0.6) is 11.5 Å². The summed E-state index contributed by atoms with van der Waals surface area (Å²) >= 11 is 0. The summed E-state index contributed by atoms with van der Waals surface area (Å²) in [4.78, 5) is 13.5. The van der Waals surface area contributed by atoms with Gasteiger partial charge in [-0.3, -0.25) is 9.69 Å². The van der Waals surface area contributed by atoms with Gasteiger partial charge in [0, 0.05) is 31.6 Å². The predicted octanol–water partition coefficient (Wildman–Crippen LogP) is 2.51. The number of benzene rings is 1. The monoisotopic (exact) mass is 348 g/mol. The van der Waals surface area contributed by atoms with E-state index in [-0.39, 0.29) is 12.4 Å². The first-order valence-corrected chi connectivity index (χ1v) is 8.46. The van der Waals surface area contributed by atoms with E-state index in [4.69, 9.17) is 14.7 Å². The molecule has 138 valence electrons. The van der Waals surface area contributed by atoms with Gasteiger partial charge in [-0.1, -0.05) is 13.8 Å². The lowest BCUT2D eigenvalue weighted by molar-refractivity contribution is 0.0640. The number of ether oxygens (including phenoxy) is 2. The van der Waals surface area contributed by atoms with Gasteiger partial charge in [-0.05, 0) is 31.0 Å². The molecule has 1 atom stereocenters. The summed E-state index contributed by atoms with van der Waals surface area (Å²) in [6.07, 6.45) is -0.254. The maximum Gasteiger partial charge on any atom is 0.161 e. The normalized spacial score (nSPS) is 12.1. The molecule has 0 heterocycles. The summed E-state index contributed by atoms with van der Waals surface area (Å²) in [5.41, 5.74) is 0.546. The Bertz CT molecular complexity index is 596. The zero-order chi connectivity index (χ0) is 18.8. The molecule has 1 N–H and O–H groups in total. The Balaban J connectivity index is 2.63. The summed E-state index contributed by atoms with van der Waals surface area (Å²) in [6, 6.07) is 7.10. The molecule has 0 aliphatic carbocycles. The van der Waals surface area contributed by atoms with Crippen LogP contribution in [0.2, 0.25) is 0 Å². The second-order valence-corrected chi connectivity index (χ2v) is 6.45. The third-order valence-electron chi connectivity index (χ3n) is 3.63. The molecule has 0 fully saturated rings. The molecule has 1 rings (SSSR count). The summed E-state index contributed by atoms with van der Waals surface area (Å²) < 4.78 is 10.9. The molecule has 0 amide bonds. The van der Waals surface area contributed by atoms with Crippen molar-refractivity contribution in [3.8, 4) is 17.6 Å². The van der Waals surface area contributed by atoms with Crippen LogP contribution in [0.3, 0.4) is 0 Å². The van der Waals surface area contributed by atoms with Gasteiger partial charge in [-0.15, -0.1) is 0 Å². The van der Waals surface area contributed by atoms with E-state index in [9.17, 15) is 9.90 Å². The van der Waals surface area contributed by atoms with Gasteiger partial charge in [0.2, 0.25) is 0 Å². The highest BCUT2D eigenvalue weighted by Crippen LogP contribution is 2.28. The number of rotatable bonds is 11. The van der Waals surface area contributed by atoms with Crippen LogP contribution in [0.4, 0.5) is 0 Å². The van der Waals surface area contributed by atoms with Crippen LogP contribution < -0.4 is 9.47 Å². The van der Waals surface area contributed by atoms with Crippen molar-refractivity contribution in [1.29, 1.82) is 5.26 Å². The second kappa shape index (κ2) is 10.7. The Labute approximate surface area is 150 Å². The summed E-state index contributed by atoms with van der Waals surface area (Å²) in [6.45, 7) is 7.68. The van der Waals surface area contributed by atoms with E-state index in [1.807, 2.05) is 0 Å². The van der Waals surface area contributed by atoms with Gasteiger partial charge in [0.25, 0.3) is 0 Å². The van der Waals surface area contributed by atoms with Crippen LogP contribution in [0, 0.1) is 17.2 Å². The summed E-state index contributed by atoms with van der Waals surface area (Å²) in [5.74, 6) is 1.35. The maximum atomic E-state index is 11.4. The van der Waals surface area contributed by atoms with Gasteiger partial charge < -0.3 is 14.6 Å². The Hall–Kier alpha value is -2.10. The zero-order valence-electron chi connectivity index (χ0n) is 15.5. The first-order chi connectivity index (χ1) is 11.9. The number of nitriles is 1. The van der Waals surface area contributed by atoms with Crippen molar-refractivity contribution in [3.63, 3.8) is 0 Å². The van der Waals surface area contributed by atoms with Crippen LogP contribution in [-0.2, 0) is 0 Å². The van der Waals surface area contributed by atoms with Gasteiger partial charge in [0.15, 0.2) is 17.3 Å². The van der Waals surface area contributed by atoms with Gasteiger partial charge in [-0.25, -0.2) is 0 Å².